The number of aromatic nitrogens is 4. The number of amides is 1. The zero-order valence-corrected chi connectivity index (χ0v) is 23.8. The number of aryl methyl sites for hydroxylation is 1. The molecule has 0 aliphatic carbocycles. The Morgan fingerprint density at radius 2 is 1.67 bits per heavy atom. The Balaban J connectivity index is 1.69. The van der Waals surface area contributed by atoms with Crippen molar-refractivity contribution >= 4 is 17.5 Å². The molecule has 0 bridgehead atoms. The van der Waals surface area contributed by atoms with Crippen molar-refractivity contribution in [1.29, 1.82) is 0 Å². The van der Waals surface area contributed by atoms with Crippen molar-refractivity contribution in [2.75, 3.05) is 9.80 Å². The highest BCUT2D eigenvalue weighted by Gasteiger charge is 2.42. The van der Waals surface area contributed by atoms with Crippen LogP contribution in [0.1, 0.15) is 58.6 Å². The summed E-state index contributed by atoms with van der Waals surface area (Å²) in [5, 5.41) is 11.7. The second-order valence-corrected chi connectivity index (χ2v) is 10.4. The van der Waals surface area contributed by atoms with Crippen molar-refractivity contribution in [2.45, 2.75) is 57.1 Å². The number of halogens is 9. The van der Waals surface area contributed by atoms with Crippen LogP contribution in [-0.4, -0.2) is 38.5 Å². The fourth-order valence-electron chi connectivity index (χ4n) is 5.36. The Morgan fingerprint density at radius 1 is 1.00 bits per heavy atom. The second kappa shape index (κ2) is 11.9. The van der Waals surface area contributed by atoms with Crippen LogP contribution < -0.4 is 14.5 Å². The fraction of sp³-hybridized carbons (Fsp3) is 0.357. The van der Waals surface area contributed by atoms with E-state index in [4.69, 9.17) is 4.42 Å². The number of carbonyl (C=O) groups is 1. The second-order valence-electron chi connectivity index (χ2n) is 10.4. The first-order valence-corrected chi connectivity index (χ1v) is 13.5. The minimum Gasteiger partial charge on any atom is -0.459 e. The summed E-state index contributed by atoms with van der Waals surface area (Å²) in [6, 6.07) is 5.34. The van der Waals surface area contributed by atoms with Crippen molar-refractivity contribution in [2.24, 2.45) is 7.05 Å². The van der Waals surface area contributed by atoms with Crippen LogP contribution in [0, 0.1) is 0 Å². The molecular formula is C28H23F9N6O3. The van der Waals surface area contributed by atoms with E-state index in [1.165, 1.54) is 41.3 Å². The first kappa shape index (κ1) is 32.6. The van der Waals surface area contributed by atoms with E-state index in [9.17, 15) is 44.3 Å². The number of rotatable bonds is 7. The van der Waals surface area contributed by atoms with Gasteiger partial charge in [0.1, 0.15) is 5.75 Å². The van der Waals surface area contributed by atoms with Crippen molar-refractivity contribution in [3.63, 3.8) is 0 Å². The quantitative estimate of drug-likeness (QED) is 0.192. The highest BCUT2D eigenvalue weighted by molar-refractivity contribution is 6.05. The number of alkyl halides is 9. The molecule has 246 valence electrons. The topological polar surface area (TPSA) is 89.5 Å². The molecule has 46 heavy (non-hydrogen) atoms. The number of hydrogen-bond acceptors (Lipinski definition) is 7. The van der Waals surface area contributed by atoms with Gasteiger partial charge in [-0.15, -0.1) is 18.3 Å². The third-order valence-electron chi connectivity index (χ3n) is 7.26. The van der Waals surface area contributed by atoms with Crippen LogP contribution in [0.25, 0.3) is 0 Å². The third kappa shape index (κ3) is 6.89. The molecule has 0 spiro atoms. The first-order chi connectivity index (χ1) is 21.4. The summed E-state index contributed by atoms with van der Waals surface area (Å²) in [6.07, 6.45) is -13.9. The summed E-state index contributed by atoms with van der Waals surface area (Å²) in [6.45, 7) is 1.07. The number of fused-ring (bicyclic) bond motifs is 1. The number of hydrogen-bond donors (Lipinski definition) is 0. The van der Waals surface area contributed by atoms with E-state index in [-0.39, 0.29) is 41.9 Å². The Morgan fingerprint density at radius 3 is 2.20 bits per heavy atom. The van der Waals surface area contributed by atoms with E-state index < -0.39 is 65.7 Å². The van der Waals surface area contributed by atoms with Crippen LogP contribution >= 0.6 is 0 Å². The Hall–Kier alpha value is -4.77. The molecule has 4 aromatic rings. The molecule has 3 heterocycles. The standard InChI is InChI=1S/C28H23F9N6O3/c1-3-18-12-22(20-13-19(46-28(35,36)37)6-7-21(20)43(18)24(44)23-5-4-8-45-23)42(25-38-40-41(2)39-25)14-15-9-16(26(29,30)31)11-17(10-15)27(32,33)34/h4-11,13,18,22H,3,12,14H2,1-2H3/t18-,22+/m1/s1. The molecule has 0 unspecified atom stereocenters. The van der Waals surface area contributed by atoms with Crippen LogP contribution in [0.5, 0.6) is 5.75 Å². The number of anilines is 2. The summed E-state index contributed by atoms with van der Waals surface area (Å²) in [4.78, 5) is 17.1. The van der Waals surface area contributed by atoms with Crippen molar-refractivity contribution < 1.29 is 53.5 Å². The lowest BCUT2D eigenvalue weighted by molar-refractivity contribution is -0.274. The van der Waals surface area contributed by atoms with E-state index >= 15 is 0 Å². The summed E-state index contributed by atoms with van der Waals surface area (Å²) in [5.74, 6) is -1.62. The maximum atomic E-state index is 13.7. The number of carbonyl (C=O) groups excluding carboxylic acids is 1. The average molecular weight is 663 g/mol. The van der Waals surface area contributed by atoms with Crippen LogP contribution in [0.2, 0.25) is 0 Å². The molecule has 5 rings (SSSR count). The number of benzene rings is 2. The zero-order chi connectivity index (χ0) is 33.6. The normalized spacial score (nSPS) is 17.2. The average Bonchev–Trinajstić information content (AvgIpc) is 3.65. The molecule has 0 radical (unpaired) electrons. The van der Waals surface area contributed by atoms with Gasteiger partial charge in [0.25, 0.3) is 11.9 Å². The van der Waals surface area contributed by atoms with Gasteiger partial charge >= 0.3 is 18.7 Å². The predicted octanol–water partition coefficient (Wildman–Crippen LogP) is 7.32. The summed E-state index contributed by atoms with van der Waals surface area (Å²) in [7, 11) is 1.36. The van der Waals surface area contributed by atoms with Gasteiger partial charge in [-0.3, -0.25) is 4.79 Å². The number of nitrogens with zero attached hydrogens (tertiary/aromatic N) is 6. The molecule has 0 N–H and O–H groups in total. The molecule has 18 heteroatoms. The molecular weight excluding hydrogens is 639 g/mol. The van der Waals surface area contributed by atoms with Crippen LogP contribution in [0.15, 0.2) is 59.2 Å². The van der Waals surface area contributed by atoms with Gasteiger partial charge in [0, 0.05) is 23.8 Å². The smallest absolute Gasteiger partial charge is 0.459 e. The van der Waals surface area contributed by atoms with E-state index in [1.54, 1.807) is 6.92 Å². The highest BCUT2D eigenvalue weighted by Crippen LogP contribution is 2.46. The minimum absolute atomic E-state index is 0.0175. The SMILES string of the molecule is CC[C@@H]1C[C@H](N(Cc2cc(C(F)(F)F)cc(C(F)(F)F)c2)c2nnn(C)n2)c2cc(OC(F)(F)F)ccc2N1C(=O)c1ccco1. The molecule has 1 aliphatic heterocycles. The van der Waals surface area contributed by atoms with Crippen molar-refractivity contribution in [1.82, 2.24) is 20.2 Å². The van der Waals surface area contributed by atoms with E-state index in [2.05, 4.69) is 20.1 Å². The molecule has 0 fully saturated rings. The number of tetrazole rings is 1. The van der Waals surface area contributed by atoms with Gasteiger partial charge in [0.05, 0.1) is 30.5 Å². The van der Waals surface area contributed by atoms with Gasteiger partial charge in [0.15, 0.2) is 5.76 Å². The molecule has 2 atom stereocenters. The summed E-state index contributed by atoms with van der Waals surface area (Å²) in [5.41, 5.74) is -3.43. The van der Waals surface area contributed by atoms with E-state index in [1.807, 2.05) is 0 Å². The monoisotopic (exact) mass is 662 g/mol. The summed E-state index contributed by atoms with van der Waals surface area (Å²) >= 11 is 0. The highest BCUT2D eigenvalue weighted by atomic mass is 19.4. The Bertz CT molecular complexity index is 1670. The molecule has 9 nitrogen and oxygen atoms in total. The van der Waals surface area contributed by atoms with Crippen molar-refractivity contribution in [3.8, 4) is 5.75 Å². The van der Waals surface area contributed by atoms with Gasteiger partial charge in [0.2, 0.25) is 0 Å². The lowest BCUT2D eigenvalue weighted by Crippen LogP contribution is -2.47. The first-order valence-electron chi connectivity index (χ1n) is 13.5. The van der Waals surface area contributed by atoms with E-state index in [0.29, 0.717) is 12.1 Å². The van der Waals surface area contributed by atoms with Gasteiger partial charge in [-0.25, -0.2) is 0 Å². The van der Waals surface area contributed by atoms with Crippen LogP contribution in [-0.2, 0) is 25.9 Å². The predicted molar refractivity (Wildman–Crippen MR) is 142 cm³/mol. The maximum absolute atomic E-state index is 13.7. The molecule has 1 aliphatic rings. The Kier molecular flexibility index (Phi) is 8.41. The van der Waals surface area contributed by atoms with Crippen molar-refractivity contribution in [3.05, 3.63) is 82.8 Å². The molecule has 0 saturated carbocycles. The third-order valence-corrected chi connectivity index (χ3v) is 7.26. The van der Waals surface area contributed by atoms with Gasteiger partial charge in [-0.1, -0.05) is 12.0 Å². The van der Waals surface area contributed by atoms with Gasteiger partial charge in [-0.2, -0.15) is 31.1 Å². The lowest BCUT2D eigenvalue weighted by Gasteiger charge is -2.44. The Labute approximate surface area is 254 Å². The lowest BCUT2D eigenvalue weighted by atomic mass is 9.88. The number of ether oxygens (including phenoxy) is 1. The largest absolute Gasteiger partial charge is 0.573 e. The molecule has 1 amide bonds. The number of furan rings is 1. The van der Waals surface area contributed by atoms with E-state index in [0.717, 1.165) is 16.9 Å². The molecule has 2 aromatic heterocycles. The molecule has 2 aromatic carbocycles. The van der Waals surface area contributed by atoms with Gasteiger partial charge in [-0.05, 0) is 72.1 Å². The maximum Gasteiger partial charge on any atom is 0.573 e. The van der Waals surface area contributed by atoms with Crippen LogP contribution in [0.4, 0.5) is 51.1 Å². The summed E-state index contributed by atoms with van der Waals surface area (Å²) < 4.78 is 131. The minimum atomic E-state index is -5.13. The van der Waals surface area contributed by atoms with Crippen LogP contribution in [0.3, 0.4) is 0 Å². The van der Waals surface area contributed by atoms with Gasteiger partial charge < -0.3 is 19.0 Å². The fourth-order valence-corrected chi connectivity index (χ4v) is 5.36. The molecule has 0 saturated heterocycles. The zero-order valence-electron chi connectivity index (χ0n) is 23.8.